The first kappa shape index (κ1) is 24.0. The van der Waals surface area contributed by atoms with Crippen molar-refractivity contribution in [1.29, 1.82) is 0 Å². The van der Waals surface area contributed by atoms with Crippen LogP contribution in [-0.2, 0) is 0 Å². The smallest absolute Gasteiger partial charge is 0.0979 e. The fraction of sp³-hybridized carbons (Fsp3) is 0.0526. The summed E-state index contributed by atoms with van der Waals surface area (Å²) in [4.78, 5) is 10.7. The lowest BCUT2D eigenvalue weighted by molar-refractivity contribution is 1.35. The van der Waals surface area contributed by atoms with Gasteiger partial charge in [0.15, 0.2) is 0 Å². The molecule has 5 aromatic carbocycles. The first-order chi connectivity index (χ1) is 19.7. The van der Waals surface area contributed by atoms with Crippen LogP contribution in [0.2, 0.25) is 0 Å². The van der Waals surface area contributed by atoms with E-state index in [-0.39, 0.29) is 0 Å². The predicted octanol–water partition coefficient (Wildman–Crippen LogP) is 10.1. The minimum absolute atomic E-state index is 0.917. The minimum atomic E-state index is 0.917. The van der Waals surface area contributed by atoms with Gasteiger partial charge in [0, 0.05) is 33.0 Å². The highest BCUT2D eigenvalue weighted by atomic mass is 14.8. The lowest BCUT2D eigenvalue weighted by atomic mass is 9.87. The molecule has 0 bridgehead atoms. The van der Waals surface area contributed by atoms with Crippen molar-refractivity contribution in [3.05, 3.63) is 145 Å². The van der Waals surface area contributed by atoms with E-state index in [1.54, 1.807) is 0 Å². The normalized spacial score (nSPS) is 11.2. The molecular weight excluding hydrogens is 484 g/mol. The third kappa shape index (κ3) is 4.24. The monoisotopic (exact) mass is 512 g/mol. The van der Waals surface area contributed by atoms with Crippen LogP contribution in [0.3, 0.4) is 0 Å². The van der Waals surface area contributed by atoms with Gasteiger partial charge in [-0.15, -0.1) is 0 Å². The van der Waals surface area contributed by atoms with Crippen molar-refractivity contribution in [2.24, 2.45) is 0 Å². The number of pyridine rings is 2. The average Bonchev–Trinajstić information content (AvgIpc) is 3.01. The highest BCUT2D eigenvalue weighted by Crippen LogP contribution is 2.44. The Kier molecular flexibility index (Phi) is 5.94. The van der Waals surface area contributed by atoms with Gasteiger partial charge in [-0.05, 0) is 31.0 Å². The van der Waals surface area contributed by atoms with Crippen LogP contribution in [0.15, 0.2) is 133 Å². The summed E-state index contributed by atoms with van der Waals surface area (Å²) in [7, 11) is 0. The lowest BCUT2D eigenvalue weighted by Crippen LogP contribution is -1.98. The fourth-order valence-corrected chi connectivity index (χ4v) is 5.51. The van der Waals surface area contributed by atoms with E-state index in [4.69, 9.17) is 9.97 Å². The van der Waals surface area contributed by atoms with Crippen molar-refractivity contribution in [2.45, 2.75) is 13.8 Å². The first-order valence-electron chi connectivity index (χ1n) is 13.7. The molecule has 0 aliphatic carbocycles. The highest BCUT2D eigenvalue weighted by Gasteiger charge is 2.21. The molecule has 0 radical (unpaired) electrons. The molecule has 0 spiro atoms. The maximum atomic E-state index is 5.45. The largest absolute Gasteiger partial charge is 0.245 e. The Morgan fingerprint density at radius 1 is 0.400 bits per heavy atom. The van der Waals surface area contributed by atoms with Gasteiger partial charge in [-0.2, -0.15) is 0 Å². The molecule has 2 heterocycles. The molecule has 0 aliphatic heterocycles. The summed E-state index contributed by atoms with van der Waals surface area (Å²) >= 11 is 0. The van der Waals surface area contributed by atoms with Crippen molar-refractivity contribution >= 4 is 21.8 Å². The summed E-state index contributed by atoms with van der Waals surface area (Å²) in [6.07, 6.45) is 0. The molecule has 2 nitrogen and oxygen atoms in total. The molecule has 7 aromatic rings. The van der Waals surface area contributed by atoms with E-state index in [9.17, 15) is 0 Å². The van der Waals surface area contributed by atoms with Gasteiger partial charge in [0.2, 0.25) is 0 Å². The summed E-state index contributed by atoms with van der Waals surface area (Å²) < 4.78 is 0. The van der Waals surface area contributed by atoms with Crippen molar-refractivity contribution in [3.8, 4) is 44.8 Å². The topological polar surface area (TPSA) is 25.8 Å². The van der Waals surface area contributed by atoms with E-state index >= 15 is 0 Å². The zero-order chi connectivity index (χ0) is 27.1. The van der Waals surface area contributed by atoms with Crippen molar-refractivity contribution in [3.63, 3.8) is 0 Å². The van der Waals surface area contributed by atoms with Gasteiger partial charge in [0.1, 0.15) is 0 Å². The van der Waals surface area contributed by atoms with Gasteiger partial charge in [0.25, 0.3) is 0 Å². The van der Waals surface area contributed by atoms with E-state index < -0.39 is 0 Å². The predicted molar refractivity (Wildman–Crippen MR) is 168 cm³/mol. The molecule has 0 fully saturated rings. The molecule has 0 unspecified atom stereocenters. The second-order valence-electron chi connectivity index (χ2n) is 10.4. The Morgan fingerprint density at radius 2 is 0.950 bits per heavy atom. The van der Waals surface area contributed by atoms with Crippen LogP contribution in [0.1, 0.15) is 11.1 Å². The van der Waals surface area contributed by atoms with Crippen molar-refractivity contribution < 1.29 is 0 Å². The highest BCUT2D eigenvalue weighted by molar-refractivity contribution is 6.14. The second kappa shape index (κ2) is 9.91. The summed E-state index contributed by atoms with van der Waals surface area (Å²) in [5, 5.41) is 2.18. The van der Waals surface area contributed by atoms with Crippen LogP contribution in [0.25, 0.3) is 66.6 Å². The van der Waals surface area contributed by atoms with Crippen LogP contribution in [0.5, 0.6) is 0 Å². The zero-order valence-corrected chi connectivity index (χ0v) is 22.6. The number of aromatic nitrogens is 2. The van der Waals surface area contributed by atoms with Crippen LogP contribution in [0.4, 0.5) is 0 Å². The Bertz CT molecular complexity index is 1970. The van der Waals surface area contributed by atoms with Gasteiger partial charge in [-0.25, -0.2) is 9.97 Å². The number of fused-ring (bicyclic) bond motifs is 3. The first-order valence-corrected chi connectivity index (χ1v) is 13.7. The molecule has 7 rings (SSSR count). The number of aryl methyl sites for hydroxylation is 2. The number of benzene rings is 5. The molecule has 2 aromatic heterocycles. The molecule has 0 N–H and O–H groups in total. The summed E-state index contributed by atoms with van der Waals surface area (Å²) in [5.41, 5.74) is 13.0. The molecule has 0 saturated heterocycles. The van der Waals surface area contributed by atoms with Gasteiger partial charge in [-0.1, -0.05) is 139 Å². The Balaban J connectivity index is 1.63. The van der Waals surface area contributed by atoms with Crippen LogP contribution < -0.4 is 0 Å². The van der Waals surface area contributed by atoms with Gasteiger partial charge in [-0.3, -0.25) is 0 Å². The van der Waals surface area contributed by atoms with Crippen molar-refractivity contribution in [2.75, 3.05) is 0 Å². The number of rotatable bonds is 4. The van der Waals surface area contributed by atoms with Gasteiger partial charge in [0.05, 0.1) is 22.4 Å². The molecule has 2 heteroatoms. The second-order valence-corrected chi connectivity index (χ2v) is 10.4. The maximum absolute atomic E-state index is 5.45. The molecular formula is C38H28N2. The number of hydrogen-bond donors (Lipinski definition) is 0. The fourth-order valence-electron chi connectivity index (χ4n) is 5.51. The summed E-state index contributed by atoms with van der Waals surface area (Å²) in [6.45, 7) is 4.23. The number of nitrogens with zero attached hydrogens (tertiary/aromatic N) is 2. The Morgan fingerprint density at radius 3 is 1.57 bits per heavy atom. The van der Waals surface area contributed by atoms with Gasteiger partial charge < -0.3 is 0 Å². The van der Waals surface area contributed by atoms with Crippen LogP contribution in [-0.4, -0.2) is 9.97 Å². The Labute approximate surface area is 234 Å². The lowest BCUT2D eigenvalue weighted by Gasteiger charge is -2.19. The summed E-state index contributed by atoms with van der Waals surface area (Å²) in [6, 6.07) is 47.2. The van der Waals surface area contributed by atoms with Crippen LogP contribution >= 0.6 is 0 Å². The van der Waals surface area contributed by atoms with E-state index in [2.05, 4.69) is 147 Å². The maximum Gasteiger partial charge on any atom is 0.0979 e. The minimum Gasteiger partial charge on any atom is -0.245 e. The van der Waals surface area contributed by atoms with E-state index in [0.717, 1.165) is 61.0 Å². The molecule has 190 valence electrons. The molecule has 0 aliphatic rings. The summed E-state index contributed by atoms with van der Waals surface area (Å²) in [5.74, 6) is 0. The SMILES string of the molecule is Cc1ccc(-c2ccc3ccc4c(-c5ccccc5)c(-c5ccccc5)c(-c5ccc(C)cc5)nc4c3n2)cc1. The third-order valence-corrected chi connectivity index (χ3v) is 7.61. The number of hydrogen-bond acceptors (Lipinski definition) is 2. The standard InChI is InChI=1S/C38H28N2/c1-25-13-17-27(18-14-25)33-24-22-31-21-23-32-34(28-9-5-3-6-10-28)35(29-11-7-4-8-12-29)36(40-38(32)37(31)39-33)30-19-15-26(2)16-20-30/h3-24H,1-2H3. The molecule has 0 saturated carbocycles. The van der Waals surface area contributed by atoms with E-state index in [0.29, 0.717) is 0 Å². The zero-order valence-electron chi connectivity index (χ0n) is 22.6. The van der Waals surface area contributed by atoms with E-state index in [1.807, 2.05) is 0 Å². The quantitative estimate of drug-likeness (QED) is 0.219. The van der Waals surface area contributed by atoms with Crippen molar-refractivity contribution in [1.82, 2.24) is 9.97 Å². The van der Waals surface area contributed by atoms with E-state index in [1.165, 1.54) is 16.7 Å². The third-order valence-electron chi connectivity index (χ3n) is 7.61. The molecule has 0 amide bonds. The van der Waals surface area contributed by atoms with Gasteiger partial charge >= 0.3 is 0 Å². The average molecular weight is 513 g/mol. The van der Waals surface area contributed by atoms with Crippen LogP contribution in [0, 0.1) is 13.8 Å². The Hall–Kier alpha value is -5.08. The molecule has 0 atom stereocenters. The molecule has 40 heavy (non-hydrogen) atoms.